The van der Waals surface area contributed by atoms with Crippen molar-refractivity contribution >= 4 is 35.1 Å². The van der Waals surface area contributed by atoms with Gasteiger partial charge in [0.15, 0.2) is 0 Å². The molecule has 3 radical (unpaired) electrons. The van der Waals surface area contributed by atoms with E-state index in [2.05, 4.69) is 3.91 Å². The van der Waals surface area contributed by atoms with Crippen LogP contribution in [0.4, 0.5) is 0 Å². The van der Waals surface area contributed by atoms with Gasteiger partial charge in [0, 0.05) is 7.74 Å². The topological polar surface area (TPSA) is 40.9 Å². The van der Waals surface area contributed by atoms with Crippen molar-refractivity contribution in [2.45, 2.75) is 0 Å². The van der Waals surface area contributed by atoms with Crippen LogP contribution in [0.25, 0.3) is 0 Å². The van der Waals surface area contributed by atoms with Crippen molar-refractivity contribution in [3.05, 3.63) is 0 Å². The zero-order valence-electron chi connectivity index (χ0n) is 3.70. The third-order valence-electron chi connectivity index (χ3n) is 0. The van der Waals surface area contributed by atoms with Gasteiger partial charge in [-0.1, -0.05) is 0 Å². The molecule has 35 valence electrons. The molecule has 0 fully saturated rings. The zero-order valence-corrected chi connectivity index (χ0v) is 7.13. The van der Waals surface area contributed by atoms with E-state index in [-0.39, 0.29) is 0 Å². The van der Waals surface area contributed by atoms with Gasteiger partial charge in [0.25, 0.3) is 0 Å². The number of hydrogen-bond donors (Lipinski definition) is 1. The van der Waals surface area contributed by atoms with Crippen molar-refractivity contribution in [1.82, 2.24) is 0 Å². The molecule has 0 aliphatic heterocycles. The monoisotopic (exact) mass is 377 g/mol. The molecule has 6 heavy (non-hydrogen) atoms. The standard InChI is InChI=1S/B2I.HN.O.Pt/c1-2-3;;;/h;1H;;/i;1T;;. The summed E-state index contributed by atoms with van der Waals surface area (Å²) in [7, 11) is 4.71. The van der Waals surface area contributed by atoms with Crippen LogP contribution in [0.15, 0.2) is 0 Å². The van der Waals surface area contributed by atoms with E-state index in [1.807, 2.05) is 22.4 Å². The van der Waals surface area contributed by atoms with Gasteiger partial charge < -0.3 is 0 Å². The minimum absolute atomic E-state index is 1.35. The van der Waals surface area contributed by atoms with Crippen LogP contribution in [0.3, 0.4) is 0 Å². The maximum absolute atomic E-state index is 9.06. The summed E-state index contributed by atoms with van der Waals surface area (Å²) in [6, 6.07) is 0. The Labute approximate surface area is 61.9 Å². The van der Waals surface area contributed by atoms with Gasteiger partial charge in [-0.25, -0.2) is 0 Å². The molecule has 6 heteroatoms. The zero-order chi connectivity index (χ0) is 6.12. The molecule has 0 aliphatic carbocycles. The predicted molar refractivity (Wildman–Crippen MR) is 28.9 cm³/mol. The molecule has 0 aromatic heterocycles. The average molecular weight is 377 g/mol. The SMILES string of the molecule is [3H][N]=[Pt]=[O].[B][B]I. The van der Waals surface area contributed by atoms with Crippen molar-refractivity contribution in [1.29, 1.82) is 3.91 Å². The Morgan fingerprint density at radius 2 is 2.50 bits per heavy atom. The van der Waals surface area contributed by atoms with E-state index in [0.29, 0.717) is 0 Å². The van der Waals surface area contributed by atoms with Crippen LogP contribution in [-0.2, 0) is 21.7 Å². The predicted octanol–water partition coefficient (Wildman–Crippen LogP) is 0.301. The van der Waals surface area contributed by atoms with Crippen LogP contribution in [0, 0.1) is 3.91 Å². The third kappa shape index (κ3) is 67.2. The molecule has 0 heterocycles. The molecule has 1 N–H and O–H groups in total. The fraction of sp³-hybridized carbons (Fsp3) is 0. The maximum Gasteiger partial charge on any atom is 0.143 e. The van der Waals surface area contributed by atoms with Crippen molar-refractivity contribution in [3.8, 4) is 0 Å². The van der Waals surface area contributed by atoms with Gasteiger partial charge in [0.05, 0.1) is 0 Å². The van der Waals surface area contributed by atoms with E-state index in [4.69, 9.17) is 12.5 Å². The minimum atomic E-state index is -1.35. The van der Waals surface area contributed by atoms with Gasteiger partial charge >= 0.3 is 27.1 Å². The molecule has 0 atom stereocenters. The summed E-state index contributed by atoms with van der Waals surface area (Å²) in [6.07, 6.45) is 0. The molecule has 0 amide bonds. The van der Waals surface area contributed by atoms with Gasteiger partial charge in [-0.2, -0.15) is 22.4 Å². The van der Waals surface area contributed by atoms with E-state index < -0.39 is 18.3 Å². The van der Waals surface area contributed by atoms with Gasteiger partial charge in [0.2, 0.25) is 0 Å². The molecular weight excluding hydrogens is 374 g/mol. The largest absolute Gasteiger partial charge is 0.171 e. The van der Waals surface area contributed by atoms with Gasteiger partial charge in [-0.05, 0) is 0 Å². The second-order valence-corrected chi connectivity index (χ2v) is 1.32. The molecule has 0 aliphatic rings. The Bertz CT molecular complexity index is 64.7. The number of nitrogens with one attached hydrogen (secondary N) is 1. The average Bonchev–Trinajstić information content (AvgIpc) is 1.69. The van der Waals surface area contributed by atoms with Crippen molar-refractivity contribution in [2.75, 3.05) is 0 Å². The van der Waals surface area contributed by atoms with E-state index in [1.165, 1.54) is 5.03 Å². The van der Waals surface area contributed by atoms with Crippen molar-refractivity contribution in [2.24, 2.45) is 0 Å². The molecule has 0 bridgehead atoms. The fourth-order valence-electron chi connectivity index (χ4n) is 0. The summed E-state index contributed by atoms with van der Waals surface area (Å²) in [5.41, 5.74) is 0. The second-order valence-electron chi connectivity index (χ2n) is 0.184. The van der Waals surface area contributed by atoms with Crippen LogP contribution in [0.5, 0.6) is 0 Å². The number of halogens is 1. The minimum Gasteiger partial charge on any atom is -0.171 e. The molecule has 0 saturated heterocycles. The summed E-state index contributed by atoms with van der Waals surface area (Å²) in [5.74, 6) is 0. The quantitative estimate of drug-likeness (QED) is 0.479. The summed E-state index contributed by atoms with van der Waals surface area (Å²) >= 11 is 0.586. The Hall–Kier alpha value is 1.15. The summed E-state index contributed by atoms with van der Waals surface area (Å²) < 4.78 is 17.4. The molecule has 0 aromatic rings. The summed E-state index contributed by atoms with van der Waals surface area (Å²) in [6.45, 7) is 0. The van der Waals surface area contributed by atoms with E-state index >= 15 is 0 Å². The fourth-order valence-corrected chi connectivity index (χ4v) is 0. The van der Waals surface area contributed by atoms with Gasteiger partial charge in [-0.15, -0.1) is 0 Å². The Kier molecular flexibility index (Phi) is 19.6. The van der Waals surface area contributed by atoms with Crippen molar-refractivity contribution < 1.29 is 23.2 Å². The van der Waals surface area contributed by atoms with Crippen molar-refractivity contribution in [3.63, 3.8) is 0 Å². The van der Waals surface area contributed by atoms with Gasteiger partial charge in [0.1, 0.15) is 5.03 Å². The summed E-state index contributed by atoms with van der Waals surface area (Å²) in [4.78, 5) is 0. The van der Waals surface area contributed by atoms with Crippen LogP contribution >= 0.6 is 22.4 Å². The first-order valence-electron chi connectivity index (χ1n) is 1.27. The first-order valence-corrected chi connectivity index (χ1v) is 4.01. The molecule has 0 spiro atoms. The summed E-state index contributed by atoms with van der Waals surface area (Å²) in [5, 5.41) is 1.47. The molecule has 0 unspecified atom stereocenters. The Morgan fingerprint density at radius 3 is 2.50 bits per heavy atom. The first kappa shape index (κ1) is 7.15. The van der Waals surface area contributed by atoms with Crippen LogP contribution in [0.1, 0.15) is 0 Å². The van der Waals surface area contributed by atoms with E-state index in [1.54, 1.807) is 0 Å². The third-order valence-corrected chi connectivity index (χ3v) is 0. The van der Waals surface area contributed by atoms with Crippen LogP contribution < -0.4 is 0 Å². The molecule has 0 aromatic carbocycles. The van der Waals surface area contributed by atoms with Gasteiger partial charge in [-0.3, -0.25) is 0 Å². The number of hydrogen-bond acceptors (Lipinski definition) is 2. The molecule has 0 saturated carbocycles. The normalized spacial score (nSPS) is 7.17. The molecule has 0 rings (SSSR count). The first-order chi connectivity index (χ1) is 3.33. The molecule has 2 nitrogen and oxygen atoms in total. The van der Waals surface area contributed by atoms with E-state index in [9.17, 15) is 0 Å². The smallest absolute Gasteiger partial charge is 0.143 e. The Balaban J connectivity index is 0. The number of rotatable bonds is 0. The second kappa shape index (κ2) is 16.4. The molecular formula is HB2INOPt. The van der Waals surface area contributed by atoms with Crippen LogP contribution in [-0.4, -0.2) is 12.8 Å². The Morgan fingerprint density at radius 1 is 2.33 bits per heavy atom. The van der Waals surface area contributed by atoms with Crippen LogP contribution in [0.2, 0.25) is 1.41 Å². The maximum atomic E-state index is 9.06. The van der Waals surface area contributed by atoms with E-state index in [0.717, 1.165) is 0 Å².